The molecule has 0 spiro atoms. The van der Waals surface area contributed by atoms with Crippen LogP contribution in [0.25, 0.3) is 16.8 Å². The van der Waals surface area contributed by atoms with Gasteiger partial charge in [-0.1, -0.05) is 53.8 Å². The topological polar surface area (TPSA) is 117 Å². The minimum atomic E-state index is -0.760. The maximum absolute atomic E-state index is 13.6. The van der Waals surface area contributed by atoms with Gasteiger partial charge in [0.1, 0.15) is 10.7 Å². The number of fused-ring (bicyclic) bond motifs is 2. The Morgan fingerprint density at radius 3 is 2.74 bits per heavy atom. The largest absolute Gasteiger partial charge is 0.463 e. The summed E-state index contributed by atoms with van der Waals surface area (Å²) in [6, 6.07) is 15.4. The van der Waals surface area contributed by atoms with E-state index in [-0.39, 0.29) is 28.0 Å². The van der Waals surface area contributed by atoms with E-state index in [0.29, 0.717) is 10.5 Å². The van der Waals surface area contributed by atoms with Crippen LogP contribution < -0.4 is 14.9 Å². The standard InChI is InChI=1S/C25H19N3O6S/c1-3-33-24(30)21-14(2)26-25-27(22(21)18-10-6-8-15-7-4-5-9-17(15)18)23(29)19(35-25)13-16-11-12-20(34-16)28(31)32/h4-13,22H,3H2,1-2H3. The Bertz CT molecular complexity index is 1700. The fourth-order valence-electron chi connectivity index (χ4n) is 4.22. The van der Waals surface area contributed by atoms with Crippen molar-refractivity contribution in [2.24, 2.45) is 4.99 Å². The summed E-state index contributed by atoms with van der Waals surface area (Å²) in [6.07, 6.45) is 1.44. The third-order valence-corrected chi connectivity index (χ3v) is 6.68. The Hall–Kier alpha value is -4.31. The molecule has 5 rings (SSSR count). The number of carbonyl (C=O) groups is 1. The Labute approximate surface area is 202 Å². The van der Waals surface area contributed by atoms with Gasteiger partial charge in [0.05, 0.1) is 34.5 Å². The molecule has 9 nitrogen and oxygen atoms in total. The predicted molar refractivity (Wildman–Crippen MR) is 130 cm³/mol. The van der Waals surface area contributed by atoms with Crippen LogP contribution in [0.1, 0.15) is 31.2 Å². The van der Waals surface area contributed by atoms with Crippen LogP contribution in [-0.4, -0.2) is 22.1 Å². The minimum Gasteiger partial charge on any atom is -0.463 e. The zero-order valence-corrected chi connectivity index (χ0v) is 19.6. The molecule has 4 aromatic rings. The number of hydrogen-bond donors (Lipinski definition) is 0. The van der Waals surface area contributed by atoms with Gasteiger partial charge in [-0.25, -0.2) is 9.79 Å². The molecule has 2 aromatic carbocycles. The van der Waals surface area contributed by atoms with Crippen molar-refractivity contribution in [1.29, 1.82) is 0 Å². The van der Waals surface area contributed by atoms with Crippen molar-refractivity contribution in [1.82, 2.24) is 4.57 Å². The Kier molecular flexibility index (Phi) is 5.65. The lowest BCUT2D eigenvalue weighted by molar-refractivity contribution is -0.402. The number of hydrogen-bond acceptors (Lipinski definition) is 8. The third-order valence-electron chi connectivity index (χ3n) is 5.70. The van der Waals surface area contributed by atoms with Gasteiger partial charge >= 0.3 is 11.9 Å². The van der Waals surface area contributed by atoms with Crippen molar-refractivity contribution in [3.8, 4) is 0 Å². The number of rotatable bonds is 5. The molecule has 1 unspecified atom stereocenters. The third kappa shape index (κ3) is 3.87. The number of carbonyl (C=O) groups excluding carboxylic acids is 1. The van der Waals surface area contributed by atoms with Gasteiger partial charge in [0.25, 0.3) is 5.56 Å². The van der Waals surface area contributed by atoms with E-state index in [1.807, 2.05) is 42.5 Å². The molecule has 35 heavy (non-hydrogen) atoms. The predicted octanol–water partition coefficient (Wildman–Crippen LogP) is 3.45. The van der Waals surface area contributed by atoms with Gasteiger partial charge < -0.3 is 9.15 Å². The molecule has 0 aliphatic carbocycles. The SMILES string of the molecule is CCOC(=O)C1=C(C)N=c2sc(=Cc3ccc([N+](=O)[O-])o3)c(=O)n2C1c1cccc2ccccc12. The monoisotopic (exact) mass is 489 g/mol. The molecule has 0 radical (unpaired) electrons. The molecular weight excluding hydrogens is 470 g/mol. The number of thiazole rings is 1. The summed E-state index contributed by atoms with van der Waals surface area (Å²) in [4.78, 5) is 42.0. The van der Waals surface area contributed by atoms with Crippen molar-refractivity contribution >= 4 is 40.0 Å². The molecule has 3 heterocycles. The van der Waals surface area contributed by atoms with E-state index in [4.69, 9.17) is 9.15 Å². The van der Waals surface area contributed by atoms with Crippen LogP contribution in [0.4, 0.5) is 5.88 Å². The highest BCUT2D eigenvalue weighted by molar-refractivity contribution is 7.07. The van der Waals surface area contributed by atoms with Gasteiger partial charge in [-0.05, 0) is 36.2 Å². The average Bonchev–Trinajstić information content (AvgIpc) is 3.43. The fourth-order valence-corrected chi connectivity index (χ4v) is 5.25. The Morgan fingerprint density at radius 2 is 2.00 bits per heavy atom. The molecule has 1 aliphatic rings. The van der Waals surface area contributed by atoms with Crippen molar-refractivity contribution in [2.75, 3.05) is 6.61 Å². The number of nitrogens with zero attached hydrogens (tertiary/aromatic N) is 3. The molecule has 0 fully saturated rings. The second-order valence-electron chi connectivity index (χ2n) is 7.80. The Balaban J connectivity index is 1.78. The van der Waals surface area contributed by atoms with Gasteiger partial charge in [-0.15, -0.1) is 0 Å². The molecule has 2 aromatic heterocycles. The van der Waals surface area contributed by atoms with Crippen LogP contribution in [-0.2, 0) is 9.53 Å². The molecule has 0 saturated carbocycles. The second-order valence-corrected chi connectivity index (χ2v) is 8.81. The van der Waals surface area contributed by atoms with E-state index >= 15 is 0 Å². The van der Waals surface area contributed by atoms with E-state index in [2.05, 4.69) is 4.99 Å². The highest BCUT2D eigenvalue weighted by Gasteiger charge is 2.34. The summed E-state index contributed by atoms with van der Waals surface area (Å²) < 4.78 is 12.3. The van der Waals surface area contributed by atoms with Gasteiger partial charge in [0, 0.05) is 6.08 Å². The quantitative estimate of drug-likeness (QED) is 0.241. The van der Waals surface area contributed by atoms with E-state index in [9.17, 15) is 19.7 Å². The van der Waals surface area contributed by atoms with E-state index in [1.165, 1.54) is 22.8 Å². The summed E-state index contributed by atoms with van der Waals surface area (Å²) in [5, 5.41) is 12.8. The maximum atomic E-state index is 13.6. The molecule has 1 atom stereocenters. The van der Waals surface area contributed by atoms with Gasteiger partial charge in [-0.3, -0.25) is 19.5 Å². The van der Waals surface area contributed by atoms with Crippen LogP contribution >= 0.6 is 11.3 Å². The van der Waals surface area contributed by atoms with Crippen molar-refractivity contribution in [3.63, 3.8) is 0 Å². The lowest BCUT2D eigenvalue weighted by Gasteiger charge is -2.25. The second kappa shape index (κ2) is 8.80. The smallest absolute Gasteiger partial charge is 0.433 e. The van der Waals surface area contributed by atoms with Gasteiger partial charge in [0.2, 0.25) is 0 Å². The van der Waals surface area contributed by atoms with E-state index in [1.54, 1.807) is 13.8 Å². The number of esters is 1. The van der Waals surface area contributed by atoms with Gasteiger partial charge in [-0.2, -0.15) is 0 Å². The van der Waals surface area contributed by atoms with Crippen LogP contribution in [0.15, 0.2) is 80.1 Å². The Morgan fingerprint density at radius 1 is 1.23 bits per heavy atom. The van der Waals surface area contributed by atoms with Crippen molar-refractivity contribution in [3.05, 3.63) is 107 Å². The highest BCUT2D eigenvalue weighted by atomic mass is 32.1. The summed E-state index contributed by atoms with van der Waals surface area (Å²) in [5.41, 5.74) is 1.13. The molecule has 176 valence electrons. The molecule has 0 bridgehead atoms. The van der Waals surface area contributed by atoms with Crippen LogP contribution in [0, 0.1) is 10.1 Å². The summed E-state index contributed by atoms with van der Waals surface area (Å²) in [5.74, 6) is -0.786. The normalized spacial score (nSPS) is 15.7. The first-order chi connectivity index (χ1) is 16.9. The summed E-state index contributed by atoms with van der Waals surface area (Å²) >= 11 is 1.12. The number of ether oxygens (including phenoxy) is 1. The molecular formula is C25H19N3O6S. The van der Waals surface area contributed by atoms with Crippen molar-refractivity contribution < 1.29 is 18.9 Å². The van der Waals surface area contributed by atoms with E-state index in [0.717, 1.165) is 27.7 Å². The molecule has 0 N–H and O–H groups in total. The number of aromatic nitrogens is 1. The zero-order valence-electron chi connectivity index (χ0n) is 18.8. The summed E-state index contributed by atoms with van der Waals surface area (Å²) in [6.45, 7) is 3.62. The first kappa shape index (κ1) is 22.5. The number of benzene rings is 2. The minimum absolute atomic E-state index is 0.171. The fraction of sp³-hybridized carbons (Fsp3) is 0.160. The molecule has 0 amide bonds. The first-order valence-corrected chi connectivity index (χ1v) is 11.6. The number of allylic oxidation sites excluding steroid dienone is 1. The maximum Gasteiger partial charge on any atom is 0.433 e. The van der Waals surface area contributed by atoms with Crippen LogP contribution in [0.3, 0.4) is 0 Å². The van der Waals surface area contributed by atoms with E-state index < -0.39 is 22.8 Å². The number of nitro groups is 1. The highest BCUT2D eigenvalue weighted by Crippen LogP contribution is 2.34. The molecule has 0 saturated heterocycles. The average molecular weight is 490 g/mol. The molecule has 1 aliphatic heterocycles. The summed E-state index contributed by atoms with van der Waals surface area (Å²) in [7, 11) is 0. The lowest BCUT2D eigenvalue weighted by Crippen LogP contribution is -2.40. The first-order valence-electron chi connectivity index (χ1n) is 10.8. The van der Waals surface area contributed by atoms with Gasteiger partial charge in [0.15, 0.2) is 4.80 Å². The number of furan rings is 1. The molecule has 10 heteroatoms. The lowest BCUT2D eigenvalue weighted by atomic mass is 9.91. The van der Waals surface area contributed by atoms with Crippen LogP contribution in [0.5, 0.6) is 0 Å². The zero-order chi connectivity index (χ0) is 24.7. The van der Waals surface area contributed by atoms with Crippen molar-refractivity contribution in [2.45, 2.75) is 19.9 Å². The van der Waals surface area contributed by atoms with Crippen LogP contribution in [0.2, 0.25) is 0 Å².